The molecule has 6 nitrogen and oxygen atoms in total. The number of carbonyl (C=O) groups is 2. The van der Waals surface area contributed by atoms with Crippen molar-refractivity contribution in [1.29, 1.82) is 0 Å². The smallest absolute Gasteiger partial charge is 0.300 e. The third kappa shape index (κ3) is 3.27. The lowest BCUT2D eigenvalue weighted by molar-refractivity contribution is -0.132. The molecule has 150 valence electrons. The number of para-hydroxylation sites is 2. The van der Waals surface area contributed by atoms with E-state index in [0.717, 1.165) is 4.90 Å². The molecule has 1 heterocycles. The summed E-state index contributed by atoms with van der Waals surface area (Å²) in [6, 6.07) is 17.3. The molecule has 30 heavy (non-hydrogen) atoms. The molecule has 0 radical (unpaired) electrons. The van der Waals surface area contributed by atoms with Gasteiger partial charge in [0, 0.05) is 10.6 Å². The van der Waals surface area contributed by atoms with Gasteiger partial charge in [-0.1, -0.05) is 48.0 Å². The summed E-state index contributed by atoms with van der Waals surface area (Å²) in [5.41, 5.74) is 0.736. The molecule has 0 bridgehead atoms. The minimum atomic E-state index is -1.02. The number of hydrogen-bond donors (Lipinski definition) is 3. The lowest BCUT2D eigenvalue weighted by Crippen LogP contribution is -2.29. The van der Waals surface area contributed by atoms with Crippen molar-refractivity contribution in [2.75, 3.05) is 4.90 Å². The van der Waals surface area contributed by atoms with Crippen LogP contribution in [-0.2, 0) is 9.59 Å². The molecule has 0 saturated carbocycles. The molecule has 4 rings (SSSR count). The van der Waals surface area contributed by atoms with Crippen LogP contribution in [0.5, 0.6) is 11.5 Å². The van der Waals surface area contributed by atoms with Gasteiger partial charge in [0.1, 0.15) is 17.3 Å². The summed E-state index contributed by atoms with van der Waals surface area (Å²) in [4.78, 5) is 27.1. The summed E-state index contributed by atoms with van der Waals surface area (Å²) >= 11 is 6.02. The molecule has 1 amide bonds. The van der Waals surface area contributed by atoms with E-state index in [1.54, 1.807) is 42.5 Å². The van der Waals surface area contributed by atoms with E-state index < -0.39 is 17.7 Å². The Hall–Kier alpha value is -3.77. The standard InChI is InChI=1S/C23H16ClNO5/c24-15-5-3-4-14(12-15)21(28)19-20(13-8-10-16(26)11-9-13)25(23(30)22(19)29)17-6-1-2-7-18(17)27/h1-12,20,26-28H/b21-19+. The first-order chi connectivity index (χ1) is 14.4. The maximum atomic E-state index is 13.0. The minimum absolute atomic E-state index is 0.00750. The monoisotopic (exact) mass is 421 g/mol. The third-order valence-corrected chi connectivity index (χ3v) is 5.13. The number of amides is 1. The molecule has 1 atom stereocenters. The molecular formula is C23H16ClNO5. The van der Waals surface area contributed by atoms with Gasteiger partial charge in [0.15, 0.2) is 0 Å². The number of ketones is 1. The summed E-state index contributed by atoms with van der Waals surface area (Å²) in [5.74, 6) is -2.35. The van der Waals surface area contributed by atoms with Crippen molar-refractivity contribution in [3.8, 4) is 11.5 Å². The quantitative estimate of drug-likeness (QED) is 0.331. The first kappa shape index (κ1) is 19.5. The van der Waals surface area contributed by atoms with E-state index in [0.29, 0.717) is 10.6 Å². The van der Waals surface area contributed by atoms with Gasteiger partial charge in [-0.05, 0) is 42.0 Å². The molecule has 1 unspecified atom stereocenters. The molecule has 0 aliphatic carbocycles. The van der Waals surface area contributed by atoms with Crippen LogP contribution >= 0.6 is 11.6 Å². The van der Waals surface area contributed by atoms with Crippen LogP contribution in [0.4, 0.5) is 5.69 Å². The lowest BCUT2D eigenvalue weighted by atomic mass is 9.95. The number of Topliss-reactive ketones (excluding diaryl/α,β-unsaturated/α-hetero) is 1. The number of halogens is 1. The Balaban J connectivity index is 1.98. The third-order valence-electron chi connectivity index (χ3n) is 4.89. The van der Waals surface area contributed by atoms with Crippen molar-refractivity contribution >= 4 is 34.7 Å². The van der Waals surface area contributed by atoms with E-state index in [-0.39, 0.29) is 34.1 Å². The number of phenolic OH excluding ortho intramolecular Hbond substituents is 2. The van der Waals surface area contributed by atoms with Gasteiger partial charge in [-0.25, -0.2) is 0 Å². The highest BCUT2D eigenvalue weighted by Crippen LogP contribution is 2.44. The Bertz CT molecular complexity index is 1190. The summed E-state index contributed by atoms with van der Waals surface area (Å²) in [6.07, 6.45) is 0. The van der Waals surface area contributed by atoms with Crippen LogP contribution in [0.2, 0.25) is 5.02 Å². The molecule has 1 saturated heterocycles. The van der Waals surface area contributed by atoms with Crippen LogP contribution in [0.15, 0.2) is 78.4 Å². The van der Waals surface area contributed by atoms with Gasteiger partial charge in [-0.2, -0.15) is 0 Å². The second kappa shape index (κ2) is 7.57. The maximum absolute atomic E-state index is 13.0. The Morgan fingerprint density at radius 3 is 2.27 bits per heavy atom. The van der Waals surface area contributed by atoms with Crippen LogP contribution in [0, 0.1) is 0 Å². The zero-order valence-corrected chi connectivity index (χ0v) is 16.2. The number of benzene rings is 3. The Kier molecular flexibility index (Phi) is 4.93. The molecule has 3 aromatic rings. The van der Waals surface area contributed by atoms with Gasteiger partial charge in [0.2, 0.25) is 0 Å². The van der Waals surface area contributed by atoms with E-state index in [1.165, 1.54) is 30.3 Å². The van der Waals surface area contributed by atoms with E-state index in [2.05, 4.69) is 0 Å². The molecule has 0 spiro atoms. The number of carbonyl (C=O) groups excluding carboxylic acids is 2. The predicted molar refractivity (Wildman–Crippen MR) is 112 cm³/mol. The second-order valence-electron chi connectivity index (χ2n) is 6.76. The largest absolute Gasteiger partial charge is 0.508 e. The van der Waals surface area contributed by atoms with E-state index in [1.807, 2.05) is 0 Å². The highest BCUT2D eigenvalue weighted by molar-refractivity contribution is 6.52. The maximum Gasteiger partial charge on any atom is 0.300 e. The molecule has 7 heteroatoms. The number of aliphatic hydroxyl groups excluding tert-OH is 1. The van der Waals surface area contributed by atoms with Crippen LogP contribution in [-0.4, -0.2) is 27.0 Å². The summed E-state index contributed by atoms with van der Waals surface area (Å²) in [6.45, 7) is 0. The molecular weight excluding hydrogens is 406 g/mol. The first-order valence-electron chi connectivity index (χ1n) is 9.02. The Morgan fingerprint density at radius 1 is 0.900 bits per heavy atom. The fourth-order valence-electron chi connectivity index (χ4n) is 3.51. The SMILES string of the molecule is O=C1C(=O)N(c2ccccc2O)C(c2ccc(O)cc2)/C1=C(\O)c1cccc(Cl)c1. The van der Waals surface area contributed by atoms with Gasteiger partial charge in [0.25, 0.3) is 11.7 Å². The van der Waals surface area contributed by atoms with Gasteiger partial charge < -0.3 is 15.3 Å². The van der Waals surface area contributed by atoms with E-state index in [9.17, 15) is 24.9 Å². The fourth-order valence-corrected chi connectivity index (χ4v) is 3.70. The summed E-state index contributed by atoms with van der Waals surface area (Å²) in [7, 11) is 0. The van der Waals surface area contributed by atoms with Crippen molar-refractivity contribution in [3.05, 3.63) is 94.5 Å². The number of nitrogens with zero attached hydrogens (tertiary/aromatic N) is 1. The van der Waals surface area contributed by atoms with Gasteiger partial charge in [-0.15, -0.1) is 0 Å². The van der Waals surface area contributed by atoms with Crippen molar-refractivity contribution in [2.45, 2.75) is 6.04 Å². The molecule has 3 N–H and O–H groups in total. The van der Waals surface area contributed by atoms with Crippen LogP contribution in [0.25, 0.3) is 5.76 Å². The number of aliphatic hydroxyl groups is 1. The van der Waals surface area contributed by atoms with E-state index in [4.69, 9.17) is 11.6 Å². The predicted octanol–water partition coefficient (Wildman–Crippen LogP) is 4.38. The molecule has 1 aliphatic rings. The van der Waals surface area contributed by atoms with Gasteiger partial charge in [0.05, 0.1) is 17.3 Å². The number of phenols is 2. The Morgan fingerprint density at radius 2 is 1.60 bits per heavy atom. The number of anilines is 1. The zero-order chi connectivity index (χ0) is 21.4. The normalized spacial score (nSPS) is 18.0. The molecule has 1 aliphatic heterocycles. The highest BCUT2D eigenvalue weighted by atomic mass is 35.5. The van der Waals surface area contributed by atoms with E-state index >= 15 is 0 Å². The number of aromatic hydroxyl groups is 2. The van der Waals surface area contributed by atoms with Crippen molar-refractivity contribution < 1.29 is 24.9 Å². The van der Waals surface area contributed by atoms with Crippen LogP contribution in [0.3, 0.4) is 0 Å². The number of hydrogen-bond acceptors (Lipinski definition) is 5. The van der Waals surface area contributed by atoms with Crippen LogP contribution < -0.4 is 4.90 Å². The average molecular weight is 422 g/mol. The highest BCUT2D eigenvalue weighted by Gasteiger charge is 2.47. The van der Waals surface area contributed by atoms with Crippen LogP contribution in [0.1, 0.15) is 17.2 Å². The number of rotatable bonds is 3. The van der Waals surface area contributed by atoms with Gasteiger partial charge in [-0.3, -0.25) is 14.5 Å². The zero-order valence-electron chi connectivity index (χ0n) is 15.5. The van der Waals surface area contributed by atoms with Crippen molar-refractivity contribution in [1.82, 2.24) is 0 Å². The van der Waals surface area contributed by atoms with Gasteiger partial charge >= 0.3 is 0 Å². The van der Waals surface area contributed by atoms with Crippen molar-refractivity contribution in [2.24, 2.45) is 0 Å². The molecule has 0 aromatic heterocycles. The first-order valence-corrected chi connectivity index (χ1v) is 9.40. The molecule has 3 aromatic carbocycles. The fraction of sp³-hybridized carbons (Fsp3) is 0.0435. The summed E-state index contributed by atoms with van der Waals surface area (Å²) < 4.78 is 0. The second-order valence-corrected chi connectivity index (χ2v) is 7.20. The Labute approximate surface area is 176 Å². The summed E-state index contributed by atoms with van der Waals surface area (Å²) in [5, 5.41) is 31.3. The minimum Gasteiger partial charge on any atom is -0.508 e. The average Bonchev–Trinajstić information content (AvgIpc) is 2.99. The molecule has 1 fully saturated rings. The topological polar surface area (TPSA) is 98.1 Å². The lowest BCUT2D eigenvalue weighted by Gasteiger charge is -2.26. The van der Waals surface area contributed by atoms with Crippen molar-refractivity contribution in [3.63, 3.8) is 0 Å².